The van der Waals surface area contributed by atoms with E-state index in [-0.39, 0.29) is 35.0 Å². The predicted molar refractivity (Wildman–Crippen MR) is 77.7 cm³/mol. The van der Waals surface area contributed by atoms with Crippen LogP contribution in [0.3, 0.4) is 0 Å². The largest absolute Gasteiger partial charge is 1.00 e. The van der Waals surface area contributed by atoms with Crippen molar-refractivity contribution in [2.45, 2.75) is 51.6 Å². The number of aryl methyl sites for hydroxylation is 1. The Kier molecular flexibility index (Phi) is 17.3. The molecule has 1 aromatic carbocycles. The Balaban J connectivity index is 0. The standard InChI is InChI=1S/C16H26O2.Na.H2O/c1-15(18-14-8-3-2-7-13-17)11-12-16-9-5-4-6-10-16;;/h4-6,9-10,15,17H,2-3,7-8,11-14H2,1H3;;1H2/q;+1;/p-1. The maximum absolute atomic E-state index is 8.66. The van der Waals surface area contributed by atoms with Crippen molar-refractivity contribution in [1.82, 2.24) is 0 Å². The van der Waals surface area contributed by atoms with Crippen LogP contribution in [0.1, 0.15) is 44.6 Å². The Morgan fingerprint density at radius 2 is 1.70 bits per heavy atom. The third-order valence-corrected chi connectivity index (χ3v) is 3.14. The van der Waals surface area contributed by atoms with E-state index in [0.717, 1.165) is 45.1 Å². The van der Waals surface area contributed by atoms with Crippen molar-refractivity contribution >= 4 is 0 Å². The Morgan fingerprint density at radius 1 is 1.05 bits per heavy atom. The van der Waals surface area contributed by atoms with E-state index in [0.29, 0.717) is 12.7 Å². The van der Waals surface area contributed by atoms with Crippen LogP contribution in [-0.4, -0.2) is 29.9 Å². The van der Waals surface area contributed by atoms with Gasteiger partial charge in [0.1, 0.15) is 0 Å². The van der Waals surface area contributed by atoms with Crippen molar-refractivity contribution < 1.29 is 44.9 Å². The van der Waals surface area contributed by atoms with Crippen molar-refractivity contribution in [3.05, 3.63) is 35.9 Å². The molecule has 0 aliphatic heterocycles. The van der Waals surface area contributed by atoms with Crippen LogP contribution in [0.5, 0.6) is 0 Å². The second kappa shape index (κ2) is 15.5. The Morgan fingerprint density at radius 3 is 2.35 bits per heavy atom. The summed E-state index contributed by atoms with van der Waals surface area (Å²) in [6.07, 6.45) is 6.81. The van der Waals surface area contributed by atoms with Gasteiger partial charge in [0.15, 0.2) is 0 Å². The van der Waals surface area contributed by atoms with E-state index in [1.807, 2.05) is 0 Å². The molecule has 1 unspecified atom stereocenters. The Bertz CT molecular complexity index is 293. The molecule has 3 nitrogen and oxygen atoms in total. The number of aliphatic hydroxyl groups excluding tert-OH is 1. The summed E-state index contributed by atoms with van der Waals surface area (Å²) in [5, 5.41) is 8.66. The molecule has 0 spiro atoms. The van der Waals surface area contributed by atoms with E-state index >= 15 is 0 Å². The molecule has 110 valence electrons. The zero-order chi connectivity index (χ0) is 13.1. The van der Waals surface area contributed by atoms with Crippen molar-refractivity contribution in [3.63, 3.8) is 0 Å². The number of unbranched alkanes of at least 4 members (excludes halogenated alkanes) is 3. The van der Waals surface area contributed by atoms with Crippen LogP contribution in [0.15, 0.2) is 30.3 Å². The molecule has 1 aromatic rings. The van der Waals surface area contributed by atoms with Gasteiger partial charge in [-0.05, 0) is 38.2 Å². The average Bonchev–Trinajstić information content (AvgIpc) is 2.41. The number of benzene rings is 1. The van der Waals surface area contributed by atoms with Gasteiger partial charge >= 0.3 is 29.6 Å². The number of hydrogen-bond acceptors (Lipinski definition) is 3. The van der Waals surface area contributed by atoms with Crippen LogP contribution in [0.25, 0.3) is 0 Å². The monoisotopic (exact) mass is 290 g/mol. The normalized spacial score (nSPS) is 11.3. The molecule has 0 fully saturated rings. The molecule has 0 aliphatic carbocycles. The molecule has 0 heterocycles. The first-order valence-electron chi connectivity index (χ1n) is 7.09. The number of ether oxygens (including phenoxy) is 1. The summed E-state index contributed by atoms with van der Waals surface area (Å²) in [7, 11) is 0. The van der Waals surface area contributed by atoms with E-state index in [9.17, 15) is 0 Å². The molecule has 0 saturated heterocycles. The van der Waals surface area contributed by atoms with Crippen LogP contribution in [0, 0.1) is 0 Å². The molecule has 0 aromatic heterocycles. The average molecular weight is 290 g/mol. The fourth-order valence-corrected chi connectivity index (χ4v) is 1.95. The summed E-state index contributed by atoms with van der Waals surface area (Å²) in [6, 6.07) is 10.6. The Labute approximate surface area is 145 Å². The summed E-state index contributed by atoms with van der Waals surface area (Å²) in [4.78, 5) is 0. The number of rotatable bonds is 10. The molecule has 0 aliphatic rings. The SMILES string of the molecule is CC(CCc1ccccc1)OCCCCCCO.[Na+].[OH-]. The van der Waals surface area contributed by atoms with E-state index in [4.69, 9.17) is 9.84 Å². The number of hydrogen-bond donors (Lipinski definition) is 1. The molecule has 1 rings (SSSR count). The van der Waals surface area contributed by atoms with Crippen LogP contribution >= 0.6 is 0 Å². The summed E-state index contributed by atoms with van der Waals surface area (Å²) in [5.41, 5.74) is 1.39. The molecular formula is C16H27NaO3. The zero-order valence-corrected chi connectivity index (χ0v) is 14.9. The van der Waals surface area contributed by atoms with Gasteiger partial charge in [-0.25, -0.2) is 0 Å². The van der Waals surface area contributed by atoms with Gasteiger partial charge in [-0.1, -0.05) is 43.2 Å². The van der Waals surface area contributed by atoms with Gasteiger partial charge < -0.3 is 15.3 Å². The molecule has 2 N–H and O–H groups in total. The minimum Gasteiger partial charge on any atom is -0.870 e. The van der Waals surface area contributed by atoms with Crippen LogP contribution in [-0.2, 0) is 11.2 Å². The van der Waals surface area contributed by atoms with Crippen molar-refractivity contribution in [3.8, 4) is 0 Å². The maximum atomic E-state index is 8.66. The minimum absolute atomic E-state index is 0. The molecule has 1 atom stereocenters. The minimum atomic E-state index is 0. The molecular weight excluding hydrogens is 263 g/mol. The summed E-state index contributed by atoms with van der Waals surface area (Å²) < 4.78 is 5.78. The van der Waals surface area contributed by atoms with Gasteiger partial charge in [0.2, 0.25) is 0 Å². The van der Waals surface area contributed by atoms with E-state index in [2.05, 4.69) is 37.3 Å². The summed E-state index contributed by atoms with van der Waals surface area (Å²) >= 11 is 0. The molecule has 0 bridgehead atoms. The van der Waals surface area contributed by atoms with Gasteiger partial charge in [-0.2, -0.15) is 0 Å². The topological polar surface area (TPSA) is 59.5 Å². The van der Waals surface area contributed by atoms with Crippen LogP contribution < -0.4 is 29.6 Å². The molecule has 0 amide bonds. The number of aliphatic hydroxyl groups is 1. The first kappa shape index (κ1) is 22.4. The third kappa shape index (κ3) is 11.9. The molecule has 0 saturated carbocycles. The van der Waals surface area contributed by atoms with Gasteiger partial charge in [0.25, 0.3) is 0 Å². The smallest absolute Gasteiger partial charge is 0.870 e. The molecule has 4 heteroatoms. The van der Waals surface area contributed by atoms with Crippen LogP contribution in [0.2, 0.25) is 0 Å². The second-order valence-electron chi connectivity index (χ2n) is 4.84. The fourth-order valence-electron chi connectivity index (χ4n) is 1.95. The van der Waals surface area contributed by atoms with Crippen molar-refractivity contribution in [1.29, 1.82) is 0 Å². The quantitative estimate of drug-likeness (QED) is 0.501. The summed E-state index contributed by atoms with van der Waals surface area (Å²) in [6.45, 7) is 3.31. The maximum Gasteiger partial charge on any atom is 1.00 e. The van der Waals surface area contributed by atoms with Gasteiger partial charge in [-0.3, -0.25) is 0 Å². The fraction of sp³-hybridized carbons (Fsp3) is 0.625. The van der Waals surface area contributed by atoms with E-state index in [1.165, 1.54) is 5.56 Å². The van der Waals surface area contributed by atoms with Crippen molar-refractivity contribution in [2.75, 3.05) is 13.2 Å². The van der Waals surface area contributed by atoms with E-state index < -0.39 is 0 Å². The van der Waals surface area contributed by atoms with Gasteiger partial charge in [0, 0.05) is 13.2 Å². The first-order chi connectivity index (χ1) is 8.83. The zero-order valence-electron chi connectivity index (χ0n) is 12.9. The summed E-state index contributed by atoms with van der Waals surface area (Å²) in [5.74, 6) is 0. The first-order valence-corrected chi connectivity index (χ1v) is 7.09. The second-order valence-corrected chi connectivity index (χ2v) is 4.84. The Hall–Kier alpha value is 0.1000. The van der Waals surface area contributed by atoms with Crippen molar-refractivity contribution in [2.24, 2.45) is 0 Å². The molecule has 20 heavy (non-hydrogen) atoms. The predicted octanol–water partition coefficient (Wildman–Crippen LogP) is 0.404. The van der Waals surface area contributed by atoms with Gasteiger partial charge in [-0.15, -0.1) is 0 Å². The molecule has 0 radical (unpaired) electrons. The third-order valence-electron chi connectivity index (χ3n) is 3.14. The van der Waals surface area contributed by atoms with Gasteiger partial charge in [0.05, 0.1) is 6.10 Å². The van der Waals surface area contributed by atoms with E-state index in [1.54, 1.807) is 0 Å². The van der Waals surface area contributed by atoms with Crippen LogP contribution in [0.4, 0.5) is 0 Å².